The van der Waals surface area contributed by atoms with Crippen LogP contribution >= 0.6 is 0 Å². The molecule has 0 aliphatic rings. The third-order valence-electron chi connectivity index (χ3n) is 8.08. The third kappa shape index (κ3) is 13.5. The SMILES string of the molecule is CC(C)[C@H](NC(=O)[C@@H](N)CCC(N)=O)C(=O)N[C@@H](C)C(=O)N[C@@H](Cc1c[nH]c2ccccc12)C(=O)N[C@@H](C)C(=O)N[C@@H](CCCN=C(N)N)C(=O)O. The van der Waals surface area contributed by atoms with Crippen molar-refractivity contribution in [3.05, 3.63) is 36.0 Å². The highest BCUT2D eigenvalue weighted by atomic mass is 16.4. The summed E-state index contributed by atoms with van der Waals surface area (Å²) in [6.07, 6.45) is 1.80. The Morgan fingerprint density at radius 3 is 1.94 bits per heavy atom. The van der Waals surface area contributed by atoms with E-state index in [1.54, 1.807) is 20.0 Å². The zero-order valence-corrected chi connectivity index (χ0v) is 29.7. The first kappa shape index (κ1) is 42.4. The van der Waals surface area contributed by atoms with Crippen molar-refractivity contribution in [2.75, 3.05) is 6.54 Å². The molecule has 2 aromatic rings. The molecule has 0 saturated heterocycles. The van der Waals surface area contributed by atoms with Crippen LogP contribution < -0.4 is 49.5 Å². The monoisotopic (exact) mass is 729 g/mol. The van der Waals surface area contributed by atoms with Crippen molar-refractivity contribution in [3.63, 3.8) is 0 Å². The lowest BCUT2D eigenvalue weighted by molar-refractivity contribution is -0.142. The smallest absolute Gasteiger partial charge is 0.326 e. The van der Waals surface area contributed by atoms with E-state index in [0.29, 0.717) is 5.56 Å². The topological polar surface area (TPSA) is 332 Å². The maximum atomic E-state index is 13.6. The summed E-state index contributed by atoms with van der Waals surface area (Å²) in [5.74, 6) is -6.14. The van der Waals surface area contributed by atoms with Crippen LogP contribution in [-0.4, -0.2) is 100 Å². The minimum Gasteiger partial charge on any atom is -0.480 e. The van der Waals surface area contributed by atoms with Crippen LogP contribution in [-0.2, 0) is 40.0 Å². The Morgan fingerprint density at radius 2 is 1.37 bits per heavy atom. The van der Waals surface area contributed by atoms with Crippen LogP contribution in [0.15, 0.2) is 35.5 Å². The van der Waals surface area contributed by atoms with Gasteiger partial charge in [-0.15, -0.1) is 0 Å². The van der Waals surface area contributed by atoms with Crippen LogP contribution in [0.2, 0.25) is 0 Å². The van der Waals surface area contributed by atoms with Gasteiger partial charge in [-0.1, -0.05) is 32.0 Å². The Bertz CT molecular complexity index is 1620. The molecule has 1 aromatic heterocycles. The van der Waals surface area contributed by atoms with Gasteiger partial charge in [-0.3, -0.25) is 33.8 Å². The molecule has 19 nitrogen and oxygen atoms in total. The molecule has 286 valence electrons. The van der Waals surface area contributed by atoms with E-state index in [2.05, 4.69) is 36.6 Å². The van der Waals surface area contributed by atoms with E-state index in [-0.39, 0.29) is 44.6 Å². The molecule has 6 amide bonds. The molecule has 0 aliphatic carbocycles. The van der Waals surface area contributed by atoms with Gasteiger partial charge in [0, 0.05) is 36.5 Å². The molecule has 1 heterocycles. The van der Waals surface area contributed by atoms with Gasteiger partial charge in [-0.05, 0) is 50.7 Å². The van der Waals surface area contributed by atoms with Gasteiger partial charge >= 0.3 is 5.97 Å². The molecule has 15 N–H and O–H groups in total. The highest BCUT2D eigenvalue weighted by molar-refractivity contribution is 5.96. The summed E-state index contributed by atoms with van der Waals surface area (Å²) in [5, 5.41) is 23.0. The predicted molar refractivity (Wildman–Crippen MR) is 192 cm³/mol. The zero-order valence-electron chi connectivity index (χ0n) is 29.7. The number of carboxylic acid groups (broad SMARTS) is 1. The van der Waals surface area contributed by atoms with Gasteiger partial charge < -0.3 is 59.6 Å². The largest absolute Gasteiger partial charge is 0.480 e. The van der Waals surface area contributed by atoms with Crippen LogP contribution in [0.5, 0.6) is 0 Å². The van der Waals surface area contributed by atoms with Crippen molar-refractivity contribution in [3.8, 4) is 0 Å². The van der Waals surface area contributed by atoms with Crippen molar-refractivity contribution < 1.29 is 38.7 Å². The number of aromatic nitrogens is 1. The van der Waals surface area contributed by atoms with Crippen molar-refractivity contribution in [2.24, 2.45) is 33.8 Å². The Kier molecular flexibility index (Phi) is 16.5. The third-order valence-corrected chi connectivity index (χ3v) is 8.08. The molecule has 19 heteroatoms. The number of carbonyl (C=O) groups excluding carboxylic acids is 6. The normalized spacial score (nSPS) is 14.5. The Hall–Kier alpha value is -5.72. The van der Waals surface area contributed by atoms with E-state index in [4.69, 9.17) is 22.9 Å². The molecule has 0 bridgehead atoms. The molecular formula is C33H51N11O8. The van der Waals surface area contributed by atoms with Crippen molar-refractivity contribution in [1.29, 1.82) is 0 Å². The van der Waals surface area contributed by atoms with Crippen molar-refractivity contribution in [2.45, 2.75) is 96.1 Å². The van der Waals surface area contributed by atoms with Gasteiger partial charge in [0.1, 0.15) is 30.2 Å². The number of aliphatic carboxylic acids is 1. The summed E-state index contributed by atoms with van der Waals surface area (Å²) in [6, 6.07) is 0.179. The van der Waals surface area contributed by atoms with Gasteiger partial charge in [-0.2, -0.15) is 0 Å². The molecule has 6 atom stereocenters. The van der Waals surface area contributed by atoms with E-state index in [9.17, 15) is 38.7 Å². The number of nitrogens with one attached hydrogen (secondary N) is 6. The first-order valence-electron chi connectivity index (χ1n) is 16.8. The summed E-state index contributed by atoms with van der Waals surface area (Å²) in [5.41, 5.74) is 23.0. The number of carboxylic acids is 1. The number of primary amides is 1. The number of aromatic amines is 1. The number of rotatable bonds is 21. The lowest BCUT2D eigenvalue weighted by atomic mass is 10.0. The highest BCUT2D eigenvalue weighted by Crippen LogP contribution is 2.19. The quantitative estimate of drug-likeness (QED) is 0.0364. The maximum absolute atomic E-state index is 13.6. The number of hydrogen-bond donors (Lipinski definition) is 11. The number of benzene rings is 1. The molecule has 2 rings (SSSR count). The molecule has 0 spiro atoms. The Balaban J connectivity index is 2.18. The number of aliphatic imine (C=N–C) groups is 1. The number of amides is 6. The number of hydrogen-bond acceptors (Lipinski definition) is 9. The lowest BCUT2D eigenvalue weighted by Crippen LogP contribution is -2.59. The average molecular weight is 730 g/mol. The fourth-order valence-corrected chi connectivity index (χ4v) is 5.06. The van der Waals surface area contributed by atoms with Crippen LogP contribution in [0.3, 0.4) is 0 Å². The molecular weight excluding hydrogens is 678 g/mol. The summed E-state index contributed by atoms with van der Waals surface area (Å²) in [4.78, 5) is 95.5. The van der Waals surface area contributed by atoms with Crippen LogP contribution in [0.4, 0.5) is 0 Å². The molecule has 0 saturated carbocycles. The fourth-order valence-electron chi connectivity index (χ4n) is 5.06. The first-order chi connectivity index (χ1) is 24.4. The van der Waals surface area contributed by atoms with Crippen LogP contribution in [0.25, 0.3) is 10.9 Å². The Labute approximate surface area is 300 Å². The van der Waals surface area contributed by atoms with Crippen LogP contribution in [0, 0.1) is 5.92 Å². The average Bonchev–Trinajstić information content (AvgIpc) is 3.48. The van der Waals surface area contributed by atoms with Crippen molar-refractivity contribution in [1.82, 2.24) is 31.6 Å². The number of nitrogens with two attached hydrogens (primary N) is 4. The fraction of sp³-hybridized carbons (Fsp3) is 0.515. The maximum Gasteiger partial charge on any atom is 0.326 e. The molecule has 52 heavy (non-hydrogen) atoms. The number of H-pyrrole nitrogens is 1. The lowest BCUT2D eigenvalue weighted by Gasteiger charge is -2.26. The standard InChI is InChI=1S/C33H51N11O8/c1-16(2)26(44-29(48)21(34)11-12-25(35)45)31(50)41-18(4)28(47)43-24(14-19-15-39-22-9-6-5-8-20(19)22)30(49)40-17(3)27(46)42-23(32(51)52)10-7-13-38-33(36)37/h5-6,8-9,15-18,21,23-24,26,39H,7,10-14,34H2,1-4H3,(H2,35,45)(H,40,49)(H,41,50)(H,42,46)(H,43,47)(H,44,48)(H,51,52)(H4,36,37,38)/t17-,18-,21-,23-,24-,26-/m0/s1. The van der Waals surface area contributed by atoms with Crippen molar-refractivity contribution >= 4 is 58.3 Å². The van der Waals surface area contributed by atoms with E-state index in [1.165, 1.54) is 13.8 Å². The second kappa shape index (κ2) is 20.2. The number of para-hydroxylation sites is 1. The van der Waals surface area contributed by atoms with E-state index >= 15 is 0 Å². The summed E-state index contributed by atoms with van der Waals surface area (Å²) >= 11 is 0. The van der Waals surface area contributed by atoms with E-state index in [1.807, 2.05) is 24.3 Å². The van der Waals surface area contributed by atoms with Gasteiger partial charge in [0.15, 0.2) is 5.96 Å². The van der Waals surface area contributed by atoms with Gasteiger partial charge in [0.2, 0.25) is 35.4 Å². The molecule has 0 aliphatic heterocycles. The zero-order chi connectivity index (χ0) is 39.1. The summed E-state index contributed by atoms with van der Waals surface area (Å²) < 4.78 is 0. The van der Waals surface area contributed by atoms with Gasteiger partial charge in [0.25, 0.3) is 0 Å². The number of fused-ring (bicyclic) bond motifs is 1. The predicted octanol–water partition coefficient (Wildman–Crippen LogP) is -2.44. The minimum atomic E-state index is -1.29. The number of guanidine groups is 1. The molecule has 0 unspecified atom stereocenters. The number of carbonyl (C=O) groups is 7. The molecule has 0 radical (unpaired) electrons. The van der Waals surface area contributed by atoms with E-state index in [0.717, 1.165) is 10.9 Å². The summed E-state index contributed by atoms with van der Waals surface area (Å²) in [6.45, 7) is 6.25. The van der Waals surface area contributed by atoms with Gasteiger partial charge in [-0.25, -0.2) is 4.79 Å². The summed E-state index contributed by atoms with van der Waals surface area (Å²) in [7, 11) is 0. The minimum absolute atomic E-state index is 0.0187. The highest BCUT2D eigenvalue weighted by Gasteiger charge is 2.32. The Morgan fingerprint density at radius 1 is 0.769 bits per heavy atom. The molecule has 1 aromatic carbocycles. The second-order valence-electron chi connectivity index (χ2n) is 12.8. The first-order valence-corrected chi connectivity index (χ1v) is 16.8. The van der Waals surface area contributed by atoms with E-state index < -0.39 is 83.6 Å². The second-order valence-corrected chi connectivity index (χ2v) is 12.8. The number of nitrogens with zero attached hydrogens (tertiary/aromatic N) is 1. The van der Waals surface area contributed by atoms with Crippen LogP contribution in [0.1, 0.15) is 58.9 Å². The molecule has 0 fully saturated rings. The van der Waals surface area contributed by atoms with Gasteiger partial charge in [0.05, 0.1) is 6.04 Å².